The Hall–Kier alpha value is -1.79. The predicted octanol–water partition coefficient (Wildman–Crippen LogP) is 1.96. The van der Waals surface area contributed by atoms with Crippen LogP contribution in [-0.2, 0) is 6.42 Å². The summed E-state index contributed by atoms with van der Waals surface area (Å²) in [6.07, 6.45) is 3.68. The monoisotopic (exact) mass is 317 g/mol. The fourth-order valence-electron chi connectivity index (χ4n) is 2.79. The van der Waals surface area contributed by atoms with E-state index in [1.165, 1.54) is 11.3 Å². The summed E-state index contributed by atoms with van der Waals surface area (Å²) >= 11 is 1.36. The molecule has 0 radical (unpaired) electrons. The third-order valence-corrected chi connectivity index (χ3v) is 5.07. The van der Waals surface area contributed by atoms with Gasteiger partial charge in [0.15, 0.2) is 0 Å². The number of rotatable bonds is 5. The molecule has 116 valence electrons. The highest BCUT2D eigenvalue weighted by Crippen LogP contribution is 2.32. The number of hydrogen-bond acceptors (Lipinski definition) is 5. The molecule has 2 aromatic heterocycles. The molecule has 22 heavy (non-hydrogen) atoms. The summed E-state index contributed by atoms with van der Waals surface area (Å²) in [5, 5.41) is 12.7. The summed E-state index contributed by atoms with van der Waals surface area (Å²) in [5.74, 6) is 0.219. The molecule has 0 unspecified atom stereocenters. The van der Waals surface area contributed by atoms with Gasteiger partial charge < -0.3 is 10.4 Å². The summed E-state index contributed by atoms with van der Waals surface area (Å²) in [4.78, 5) is 21.6. The van der Waals surface area contributed by atoms with Crippen LogP contribution in [0.25, 0.3) is 0 Å². The van der Waals surface area contributed by atoms with E-state index in [1.807, 2.05) is 25.1 Å². The van der Waals surface area contributed by atoms with Crippen LogP contribution in [-0.4, -0.2) is 33.1 Å². The molecule has 1 amide bonds. The lowest BCUT2D eigenvalue weighted by Crippen LogP contribution is -2.48. The zero-order valence-corrected chi connectivity index (χ0v) is 13.2. The van der Waals surface area contributed by atoms with Gasteiger partial charge in [0, 0.05) is 24.4 Å². The van der Waals surface area contributed by atoms with Gasteiger partial charge in [0.25, 0.3) is 5.91 Å². The number of aliphatic hydroxyl groups excluding tert-OH is 1. The number of amides is 1. The number of aryl methyl sites for hydroxylation is 1. The largest absolute Gasteiger partial charge is 0.393 e. The first kappa shape index (κ1) is 15.1. The van der Waals surface area contributed by atoms with Crippen LogP contribution >= 0.6 is 11.3 Å². The van der Waals surface area contributed by atoms with Crippen LogP contribution in [0, 0.1) is 12.8 Å². The lowest BCUT2D eigenvalue weighted by atomic mass is 9.76. The van der Waals surface area contributed by atoms with Crippen molar-refractivity contribution in [2.75, 3.05) is 0 Å². The highest BCUT2D eigenvalue weighted by molar-refractivity contribution is 7.11. The number of nitrogens with one attached hydrogen (secondary N) is 1. The van der Waals surface area contributed by atoms with Crippen molar-refractivity contribution in [3.05, 3.63) is 46.2 Å². The van der Waals surface area contributed by atoms with Gasteiger partial charge in [-0.2, -0.15) is 0 Å². The van der Waals surface area contributed by atoms with Crippen molar-refractivity contribution in [2.45, 2.75) is 38.3 Å². The van der Waals surface area contributed by atoms with Crippen molar-refractivity contribution in [3.8, 4) is 0 Å². The van der Waals surface area contributed by atoms with Crippen LogP contribution in [0.3, 0.4) is 0 Å². The molecule has 0 aromatic carbocycles. The van der Waals surface area contributed by atoms with Crippen LogP contribution in [0.15, 0.2) is 29.9 Å². The average molecular weight is 317 g/mol. The molecule has 2 N–H and O–H groups in total. The molecule has 3 rings (SSSR count). The summed E-state index contributed by atoms with van der Waals surface area (Å²) < 4.78 is 0. The second-order valence-electron chi connectivity index (χ2n) is 5.76. The Morgan fingerprint density at radius 3 is 2.86 bits per heavy atom. The van der Waals surface area contributed by atoms with E-state index < -0.39 is 0 Å². The van der Waals surface area contributed by atoms with E-state index in [1.54, 1.807) is 11.7 Å². The molecule has 0 bridgehead atoms. The van der Waals surface area contributed by atoms with Crippen molar-refractivity contribution < 1.29 is 9.90 Å². The highest BCUT2D eigenvalue weighted by Gasteiger charge is 2.35. The van der Waals surface area contributed by atoms with Crippen LogP contribution in [0.5, 0.6) is 0 Å². The van der Waals surface area contributed by atoms with Crippen molar-refractivity contribution >= 4 is 17.2 Å². The number of carbonyl (C=O) groups is 1. The van der Waals surface area contributed by atoms with E-state index in [2.05, 4.69) is 15.3 Å². The van der Waals surface area contributed by atoms with Crippen LogP contribution in [0.1, 0.15) is 33.9 Å². The standard InChI is InChI=1S/C16H19N3O2S/c1-10-15(22-9-18-10)16(21)19-14(11-6-13(20)7-11)8-12-4-2-3-5-17-12/h2-5,9,11,13-14,20H,6-8H2,1H3,(H,19,21)/t11?,13?,14-/m1/s1. The van der Waals surface area contributed by atoms with Crippen LogP contribution < -0.4 is 5.32 Å². The van der Waals surface area contributed by atoms with E-state index in [-0.39, 0.29) is 18.1 Å². The topological polar surface area (TPSA) is 75.1 Å². The minimum Gasteiger partial charge on any atom is -0.393 e. The van der Waals surface area contributed by atoms with Crippen LogP contribution in [0.4, 0.5) is 0 Å². The van der Waals surface area contributed by atoms with Crippen molar-refractivity contribution in [2.24, 2.45) is 5.92 Å². The quantitative estimate of drug-likeness (QED) is 0.884. The molecule has 5 nitrogen and oxygen atoms in total. The molecular formula is C16H19N3O2S. The maximum Gasteiger partial charge on any atom is 0.263 e. The first-order chi connectivity index (χ1) is 10.6. The number of pyridine rings is 1. The Bertz CT molecular complexity index is 638. The molecule has 0 aliphatic heterocycles. The minimum atomic E-state index is -0.238. The van der Waals surface area contributed by atoms with Gasteiger partial charge in [-0.15, -0.1) is 11.3 Å². The maximum atomic E-state index is 12.4. The number of nitrogens with zero attached hydrogens (tertiary/aromatic N) is 2. The summed E-state index contributed by atoms with van der Waals surface area (Å²) in [6, 6.07) is 5.79. The van der Waals surface area contributed by atoms with Gasteiger partial charge in [-0.25, -0.2) is 4.98 Å². The summed E-state index contributed by atoms with van der Waals surface area (Å²) in [7, 11) is 0. The SMILES string of the molecule is Cc1ncsc1C(=O)N[C@H](Cc1ccccn1)C1CC(O)C1. The normalized spacial score (nSPS) is 21.9. The smallest absolute Gasteiger partial charge is 0.263 e. The lowest BCUT2D eigenvalue weighted by molar-refractivity contribution is 0.0238. The van der Waals surface area contributed by atoms with Gasteiger partial charge in [0.1, 0.15) is 4.88 Å². The Morgan fingerprint density at radius 1 is 1.45 bits per heavy atom. The number of aliphatic hydroxyl groups is 1. The van der Waals surface area contributed by atoms with Gasteiger partial charge in [0.05, 0.1) is 17.3 Å². The molecule has 2 heterocycles. The van der Waals surface area contributed by atoms with Gasteiger partial charge in [0.2, 0.25) is 0 Å². The van der Waals surface area contributed by atoms with Gasteiger partial charge in [-0.1, -0.05) is 6.07 Å². The molecular weight excluding hydrogens is 298 g/mol. The number of carbonyl (C=O) groups excluding carboxylic acids is 1. The zero-order valence-electron chi connectivity index (χ0n) is 12.4. The molecule has 1 aliphatic carbocycles. The van der Waals surface area contributed by atoms with Gasteiger partial charge in [-0.05, 0) is 37.8 Å². The summed E-state index contributed by atoms with van der Waals surface area (Å²) in [5.41, 5.74) is 3.40. The molecule has 6 heteroatoms. The van der Waals surface area contributed by atoms with E-state index in [9.17, 15) is 9.90 Å². The summed E-state index contributed by atoms with van der Waals surface area (Å²) in [6.45, 7) is 1.84. The van der Waals surface area contributed by atoms with E-state index in [0.717, 1.165) is 24.2 Å². The number of aromatic nitrogens is 2. The maximum absolute atomic E-state index is 12.4. The second kappa shape index (κ2) is 6.54. The fourth-order valence-corrected chi connectivity index (χ4v) is 3.50. The highest BCUT2D eigenvalue weighted by atomic mass is 32.1. The molecule has 0 spiro atoms. The molecule has 1 aliphatic rings. The Labute approximate surface area is 133 Å². The van der Waals surface area contributed by atoms with Crippen LogP contribution in [0.2, 0.25) is 0 Å². The average Bonchev–Trinajstić information content (AvgIpc) is 2.91. The zero-order chi connectivity index (χ0) is 15.5. The minimum absolute atomic E-state index is 0.00713. The van der Waals surface area contributed by atoms with E-state index in [0.29, 0.717) is 17.2 Å². The number of thiazole rings is 1. The van der Waals surface area contributed by atoms with Gasteiger partial charge >= 0.3 is 0 Å². The first-order valence-electron chi connectivity index (χ1n) is 7.42. The van der Waals surface area contributed by atoms with Crippen molar-refractivity contribution in [1.82, 2.24) is 15.3 Å². The third-order valence-electron chi connectivity index (χ3n) is 4.14. The first-order valence-corrected chi connectivity index (χ1v) is 8.30. The molecule has 1 atom stereocenters. The van der Waals surface area contributed by atoms with E-state index >= 15 is 0 Å². The fraction of sp³-hybridized carbons (Fsp3) is 0.438. The Morgan fingerprint density at radius 2 is 2.27 bits per heavy atom. The molecule has 0 saturated heterocycles. The third kappa shape index (κ3) is 3.34. The Balaban J connectivity index is 1.71. The van der Waals surface area contributed by atoms with Crippen molar-refractivity contribution in [1.29, 1.82) is 0 Å². The number of hydrogen-bond donors (Lipinski definition) is 2. The van der Waals surface area contributed by atoms with Gasteiger partial charge in [-0.3, -0.25) is 9.78 Å². The molecule has 1 saturated carbocycles. The second-order valence-corrected chi connectivity index (χ2v) is 6.61. The predicted molar refractivity (Wildman–Crippen MR) is 84.8 cm³/mol. The molecule has 2 aromatic rings. The lowest BCUT2D eigenvalue weighted by Gasteiger charge is -2.38. The van der Waals surface area contributed by atoms with Crippen molar-refractivity contribution in [3.63, 3.8) is 0 Å². The molecule has 1 fully saturated rings. The Kier molecular flexibility index (Phi) is 4.49. The van der Waals surface area contributed by atoms with E-state index in [4.69, 9.17) is 0 Å².